The van der Waals surface area contributed by atoms with Gasteiger partial charge in [0.1, 0.15) is 18.4 Å². The molecule has 0 fully saturated rings. The standard InChI is InChI=1S/C23H27Cl3FN3O4S/c1-5-14(2)28-23(32)15(3)29(12-16-6-7-17(24)10-19(16)25)22(31)13-30(35(4,33)34)18-8-9-21(27)20(26)11-18/h6-11,14-15H,5,12-13H2,1-4H3,(H,28,32)/t14-,15+/m0/s1. The second-order valence-corrected chi connectivity index (χ2v) is 11.3. The summed E-state index contributed by atoms with van der Waals surface area (Å²) in [6, 6.07) is 6.97. The Morgan fingerprint density at radius 3 is 2.26 bits per heavy atom. The number of halogens is 4. The molecule has 7 nitrogen and oxygen atoms in total. The quantitative estimate of drug-likeness (QED) is 0.444. The van der Waals surface area contributed by atoms with Crippen LogP contribution in [0.1, 0.15) is 32.8 Å². The van der Waals surface area contributed by atoms with Gasteiger partial charge in [0.15, 0.2) is 0 Å². The SMILES string of the molecule is CC[C@H](C)NC(=O)[C@@H](C)N(Cc1ccc(Cl)cc1Cl)C(=O)CN(c1ccc(F)c(Cl)c1)S(C)(=O)=O. The Hall–Kier alpha value is -2.07. The van der Waals surface area contributed by atoms with Gasteiger partial charge in [-0.1, -0.05) is 47.8 Å². The van der Waals surface area contributed by atoms with Gasteiger partial charge in [0, 0.05) is 22.6 Å². The normalized spacial score (nSPS) is 13.1. The van der Waals surface area contributed by atoms with Gasteiger partial charge in [-0.05, 0) is 56.2 Å². The van der Waals surface area contributed by atoms with Crippen molar-refractivity contribution in [3.8, 4) is 0 Å². The molecule has 0 saturated heterocycles. The Bertz CT molecular complexity index is 1200. The van der Waals surface area contributed by atoms with Gasteiger partial charge in [-0.3, -0.25) is 13.9 Å². The molecule has 2 rings (SSSR count). The zero-order valence-electron chi connectivity index (χ0n) is 19.7. The van der Waals surface area contributed by atoms with E-state index in [1.807, 2.05) is 13.8 Å². The Morgan fingerprint density at radius 2 is 1.71 bits per heavy atom. The topological polar surface area (TPSA) is 86.8 Å². The van der Waals surface area contributed by atoms with Crippen LogP contribution in [0, 0.1) is 5.82 Å². The lowest BCUT2D eigenvalue weighted by atomic mass is 10.1. The monoisotopic (exact) mass is 565 g/mol. The number of rotatable bonds is 10. The molecule has 2 aromatic carbocycles. The van der Waals surface area contributed by atoms with Crippen LogP contribution in [0.15, 0.2) is 36.4 Å². The van der Waals surface area contributed by atoms with E-state index in [1.165, 1.54) is 17.0 Å². The van der Waals surface area contributed by atoms with Crippen LogP contribution in [-0.4, -0.2) is 50.0 Å². The number of nitrogens with one attached hydrogen (secondary N) is 1. The van der Waals surface area contributed by atoms with Crippen molar-refractivity contribution in [1.82, 2.24) is 10.2 Å². The summed E-state index contributed by atoms with van der Waals surface area (Å²) in [4.78, 5) is 27.6. The number of anilines is 1. The molecule has 1 N–H and O–H groups in total. The maximum atomic E-state index is 13.6. The fourth-order valence-electron chi connectivity index (χ4n) is 3.14. The molecule has 0 aromatic heterocycles. The molecule has 0 radical (unpaired) electrons. The van der Waals surface area contributed by atoms with E-state index in [1.54, 1.807) is 19.1 Å². The number of hydrogen-bond donors (Lipinski definition) is 1. The van der Waals surface area contributed by atoms with Gasteiger partial charge in [-0.15, -0.1) is 0 Å². The summed E-state index contributed by atoms with van der Waals surface area (Å²) in [7, 11) is -3.97. The van der Waals surface area contributed by atoms with Crippen LogP contribution < -0.4 is 9.62 Å². The maximum Gasteiger partial charge on any atom is 0.244 e. The highest BCUT2D eigenvalue weighted by atomic mass is 35.5. The molecule has 0 unspecified atom stereocenters. The molecular formula is C23H27Cl3FN3O4S. The molecular weight excluding hydrogens is 540 g/mol. The fourth-order valence-corrected chi connectivity index (χ4v) is 4.62. The van der Waals surface area contributed by atoms with Crippen molar-refractivity contribution >= 4 is 62.3 Å². The first-order chi connectivity index (χ1) is 16.2. The molecule has 35 heavy (non-hydrogen) atoms. The zero-order valence-corrected chi connectivity index (χ0v) is 22.8. The summed E-state index contributed by atoms with van der Waals surface area (Å²) in [6.45, 7) is 4.55. The number of amides is 2. The van der Waals surface area contributed by atoms with E-state index in [2.05, 4.69) is 5.32 Å². The van der Waals surface area contributed by atoms with Crippen LogP contribution in [0.2, 0.25) is 15.1 Å². The number of benzene rings is 2. The minimum Gasteiger partial charge on any atom is -0.352 e. The largest absolute Gasteiger partial charge is 0.352 e. The molecule has 0 aliphatic rings. The molecule has 0 aliphatic carbocycles. The van der Waals surface area contributed by atoms with Crippen LogP contribution >= 0.6 is 34.8 Å². The first kappa shape index (κ1) is 29.2. The van der Waals surface area contributed by atoms with Gasteiger partial charge >= 0.3 is 0 Å². The van der Waals surface area contributed by atoms with E-state index in [0.717, 1.165) is 22.7 Å². The first-order valence-corrected chi connectivity index (χ1v) is 13.7. The summed E-state index contributed by atoms with van der Waals surface area (Å²) in [5.41, 5.74) is 0.525. The van der Waals surface area contributed by atoms with Gasteiger partial charge in [0.2, 0.25) is 21.8 Å². The number of carbonyl (C=O) groups excluding carboxylic acids is 2. The lowest BCUT2D eigenvalue weighted by Crippen LogP contribution is -2.52. The van der Waals surface area contributed by atoms with Gasteiger partial charge in [0.25, 0.3) is 0 Å². The van der Waals surface area contributed by atoms with Crippen LogP contribution in [0.25, 0.3) is 0 Å². The second kappa shape index (κ2) is 12.3. The highest BCUT2D eigenvalue weighted by molar-refractivity contribution is 7.92. The average molecular weight is 567 g/mol. The van der Waals surface area contributed by atoms with Crippen LogP contribution in [0.4, 0.5) is 10.1 Å². The van der Waals surface area contributed by atoms with E-state index in [9.17, 15) is 22.4 Å². The molecule has 2 atom stereocenters. The summed E-state index contributed by atoms with van der Waals surface area (Å²) < 4.78 is 39.5. The zero-order chi connectivity index (χ0) is 26.5. The Balaban J connectivity index is 2.44. The Labute approximate surface area is 220 Å². The van der Waals surface area contributed by atoms with Crippen LogP contribution in [0.5, 0.6) is 0 Å². The highest BCUT2D eigenvalue weighted by Crippen LogP contribution is 2.26. The second-order valence-electron chi connectivity index (χ2n) is 8.12. The summed E-state index contributed by atoms with van der Waals surface area (Å²) in [5.74, 6) is -1.81. The summed E-state index contributed by atoms with van der Waals surface area (Å²) in [6.07, 6.45) is 1.60. The summed E-state index contributed by atoms with van der Waals surface area (Å²) >= 11 is 18.1. The van der Waals surface area contributed by atoms with Crippen molar-refractivity contribution in [2.45, 2.75) is 45.8 Å². The van der Waals surface area contributed by atoms with Gasteiger partial charge in [-0.2, -0.15) is 0 Å². The van der Waals surface area contributed by atoms with Gasteiger partial charge in [-0.25, -0.2) is 12.8 Å². The van der Waals surface area contributed by atoms with E-state index in [4.69, 9.17) is 34.8 Å². The molecule has 192 valence electrons. The lowest BCUT2D eigenvalue weighted by Gasteiger charge is -2.32. The Kier molecular flexibility index (Phi) is 10.2. The number of hydrogen-bond acceptors (Lipinski definition) is 4. The molecule has 0 heterocycles. The van der Waals surface area contributed by atoms with Crippen molar-refractivity contribution in [3.63, 3.8) is 0 Å². The molecule has 2 amide bonds. The molecule has 0 spiro atoms. The molecule has 0 aliphatic heterocycles. The predicted octanol–water partition coefficient (Wildman–Crippen LogP) is 4.88. The highest BCUT2D eigenvalue weighted by Gasteiger charge is 2.31. The lowest BCUT2D eigenvalue weighted by molar-refractivity contribution is -0.139. The molecule has 2 aromatic rings. The molecule has 0 saturated carbocycles. The Morgan fingerprint density at radius 1 is 1.06 bits per heavy atom. The van der Waals surface area contributed by atoms with Crippen molar-refractivity contribution in [1.29, 1.82) is 0 Å². The maximum absolute atomic E-state index is 13.6. The predicted molar refractivity (Wildman–Crippen MR) is 138 cm³/mol. The van der Waals surface area contributed by atoms with E-state index in [0.29, 0.717) is 17.0 Å². The van der Waals surface area contributed by atoms with Crippen molar-refractivity contribution in [2.24, 2.45) is 0 Å². The third-order valence-corrected chi connectivity index (χ3v) is 7.41. The van der Waals surface area contributed by atoms with E-state index in [-0.39, 0.29) is 28.3 Å². The minimum atomic E-state index is -3.97. The minimum absolute atomic E-state index is 0.00781. The number of nitrogens with zero attached hydrogens (tertiary/aromatic N) is 2. The van der Waals surface area contributed by atoms with Crippen molar-refractivity contribution in [2.75, 3.05) is 17.1 Å². The van der Waals surface area contributed by atoms with Crippen molar-refractivity contribution < 1.29 is 22.4 Å². The van der Waals surface area contributed by atoms with Crippen molar-refractivity contribution in [3.05, 3.63) is 62.8 Å². The third kappa shape index (κ3) is 7.96. The average Bonchev–Trinajstić information content (AvgIpc) is 2.77. The number of carbonyl (C=O) groups is 2. The smallest absolute Gasteiger partial charge is 0.244 e. The first-order valence-electron chi connectivity index (χ1n) is 10.7. The fraction of sp³-hybridized carbons (Fsp3) is 0.391. The van der Waals surface area contributed by atoms with Gasteiger partial charge in [0.05, 0.1) is 17.0 Å². The number of sulfonamides is 1. The van der Waals surface area contributed by atoms with Crippen LogP contribution in [-0.2, 0) is 26.2 Å². The summed E-state index contributed by atoms with van der Waals surface area (Å²) in [5, 5.41) is 3.21. The van der Waals surface area contributed by atoms with E-state index >= 15 is 0 Å². The molecule has 12 heteroatoms. The third-order valence-electron chi connectivity index (χ3n) is 5.39. The van der Waals surface area contributed by atoms with Gasteiger partial charge < -0.3 is 10.2 Å². The van der Waals surface area contributed by atoms with Crippen LogP contribution in [0.3, 0.4) is 0 Å². The molecule has 0 bridgehead atoms. The van der Waals surface area contributed by atoms with E-state index < -0.39 is 40.2 Å².